The predicted molar refractivity (Wildman–Crippen MR) is 243 cm³/mol. The van der Waals surface area contributed by atoms with Crippen LogP contribution < -0.4 is 0 Å². The van der Waals surface area contributed by atoms with E-state index in [1.165, 1.54) is 33.4 Å². The molecule has 0 aliphatic heterocycles. The summed E-state index contributed by atoms with van der Waals surface area (Å²) in [6.45, 7) is 16.9. The van der Waals surface area contributed by atoms with Crippen LogP contribution >= 0.6 is 0 Å². The first-order chi connectivity index (χ1) is 28.9. The van der Waals surface area contributed by atoms with Gasteiger partial charge >= 0.3 is 23.9 Å². The van der Waals surface area contributed by atoms with Gasteiger partial charge in [-0.1, -0.05) is 89.7 Å². The summed E-state index contributed by atoms with van der Waals surface area (Å²) in [6, 6.07) is 0. The number of esters is 4. The lowest BCUT2D eigenvalue weighted by atomic mass is 9.87. The van der Waals surface area contributed by atoms with Crippen LogP contribution in [0.3, 0.4) is 0 Å². The Labute approximate surface area is 364 Å². The van der Waals surface area contributed by atoms with Crippen molar-refractivity contribution >= 4 is 23.9 Å². The largest absolute Gasteiger partial charge is 0.462 e. The van der Waals surface area contributed by atoms with E-state index in [2.05, 4.69) is 89.8 Å². The van der Waals surface area contributed by atoms with Gasteiger partial charge in [-0.15, -0.1) is 0 Å². The average Bonchev–Trinajstić information content (AvgIpc) is 3.22. The topological polar surface area (TPSA) is 108 Å². The number of unbranched alkanes of at least 4 members (excludes halogenated alkanes) is 2. The van der Waals surface area contributed by atoms with Crippen LogP contribution in [0.5, 0.6) is 0 Å². The highest BCUT2D eigenvalue weighted by Gasteiger charge is 2.24. The summed E-state index contributed by atoms with van der Waals surface area (Å²) in [5.41, 5.74) is 8.41. The van der Waals surface area contributed by atoms with E-state index in [4.69, 9.17) is 18.9 Å². The molecule has 0 saturated carbocycles. The number of rotatable bonds is 30. The maximum absolute atomic E-state index is 12.7. The number of ether oxygens (including phenoxy) is 4. The number of carbonyl (C=O) groups is 4. The second-order valence-corrected chi connectivity index (χ2v) is 17.3. The van der Waals surface area contributed by atoms with Crippen LogP contribution in [0, 0.1) is 11.8 Å². The second-order valence-electron chi connectivity index (χ2n) is 17.3. The van der Waals surface area contributed by atoms with Crippen LogP contribution in [-0.4, -0.2) is 74.8 Å². The van der Waals surface area contributed by atoms with Crippen molar-refractivity contribution in [3.05, 3.63) is 69.9 Å². The highest BCUT2D eigenvalue weighted by molar-refractivity contribution is 5.73. The Morgan fingerprint density at radius 2 is 1.00 bits per heavy atom. The van der Waals surface area contributed by atoms with Gasteiger partial charge in [-0.2, -0.15) is 0 Å². The molecule has 0 heterocycles. The predicted octanol–water partition coefficient (Wildman–Crippen LogP) is 11.8. The average molecular weight is 836 g/mol. The summed E-state index contributed by atoms with van der Waals surface area (Å²) >= 11 is 0. The molecule has 338 valence electrons. The molecule has 0 aromatic heterocycles. The summed E-state index contributed by atoms with van der Waals surface area (Å²) in [5, 5.41) is 0. The number of carbonyl (C=O) groups excluding carboxylic acids is 4. The molecule has 2 rings (SSSR count). The molecule has 0 bridgehead atoms. The fraction of sp³-hybridized carbons (Fsp3) is 0.686. The van der Waals surface area contributed by atoms with Gasteiger partial charge in [0.2, 0.25) is 0 Å². The second kappa shape index (κ2) is 32.1. The molecular formula is C51H81NO8. The first kappa shape index (κ1) is 52.4. The monoisotopic (exact) mass is 836 g/mol. The van der Waals surface area contributed by atoms with E-state index >= 15 is 0 Å². The fourth-order valence-corrected chi connectivity index (χ4v) is 7.44. The molecule has 0 N–H and O–H groups in total. The van der Waals surface area contributed by atoms with Gasteiger partial charge in [0.25, 0.3) is 0 Å². The van der Waals surface area contributed by atoms with Crippen molar-refractivity contribution in [2.75, 3.05) is 46.1 Å². The van der Waals surface area contributed by atoms with E-state index < -0.39 is 0 Å². The van der Waals surface area contributed by atoms with Gasteiger partial charge < -0.3 is 23.8 Å². The van der Waals surface area contributed by atoms with Crippen molar-refractivity contribution in [1.82, 2.24) is 4.90 Å². The Morgan fingerprint density at radius 3 is 1.38 bits per heavy atom. The fourth-order valence-electron chi connectivity index (χ4n) is 7.44. The van der Waals surface area contributed by atoms with E-state index in [-0.39, 0.29) is 75.0 Å². The molecule has 0 fully saturated rings. The Morgan fingerprint density at radius 1 is 0.567 bits per heavy atom. The third-order valence-corrected chi connectivity index (χ3v) is 11.3. The Hall–Kier alpha value is -3.72. The minimum absolute atomic E-state index is 0.0258. The molecular weight excluding hydrogens is 755 g/mol. The summed E-state index contributed by atoms with van der Waals surface area (Å²) < 4.78 is 21.6. The Kier molecular flexibility index (Phi) is 28.0. The molecule has 2 aliphatic carbocycles. The van der Waals surface area contributed by atoms with Crippen LogP contribution in [0.15, 0.2) is 69.9 Å². The lowest BCUT2D eigenvalue weighted by Crippen LogP contribution is -2.31. The number of allylic oxidation sites excluding steroid dienone is 12. The van der Waals surface area contributed by atoms with Gasteiger partial charge in [-0.3, -0.25) is 19.2 Å². The minimum atomic E-state index is -0.361. The molecule has 0 aromatic carbocycles. The molecule has 0 radical (unpaired) electrons. The summed E-state index contributed by atoms with van der Waals surface area (Å²) in [5.74, 6) is -1.47. The normalized spacial score (nSPS) is 17.0. The lowest BCUT2D eigenvalue weighted by Gasteiger charge is -2.22. The van der Waals surface area contributed by atoms with Gasteiger partial charge in [0.05, 0.1) is 24.7 Å². The molecule has 2 aliphatic rings. The third-order valence-electron chi connectivity index (χ3n) is 11.3. The molecule has 9 heteroatoms. The van der Waals surface area contributed by atoms with Gasteiger partial charge in [0, 0.05) is 13.1 Å². The van der Waals surface area contributed by atoms with Crippen LogP contribution in [0.25, 0.3) is 0 Å². The minimum Gasteiger partial charge on any atom is -0.462 e. The van der Waals surface area contributed by atoms with Crippen molar-refractivity contribution in [2.24, 2.45) is 11.8 Å². The Balaban J connectivity index is 1.59. The summed E-state index contributed by atoms with van der Waals surface area (Å²) in [6.07, 6.45) is 30.4. The molecule has 0 spiro atoms. The molecule has 0 amide bonds. The van der Waals surface area contributed by atoms with Crippen LogP contribution in [0.4, 0.5) is 0 Å². The van der Waals surface area contributed by atoms with Crippen LogP contribution in [0.2, 0.25) is 0 Å². The van der Waals surface area contributed by atoms with E-state index in [1.807, 2.05) is 0 Å². The van der Waals surface area contributed by atoms with E-state index in [9.17, 15) is 19.2 Å². The zero-order valence-corrected chi connectivity index (χ0v) is 38.7. The van der Waals surface area contributed by atoms with Crippen molar-refractivity contribution in [1.29, 1.82) is 0 Å². The maximum Gasteiger partial charge on any atom is 0.309 e. The quantitative estimate of drug-likeness (QED) is 0.0302. The molecule has 0 aromatic rings. The summed E-state index contributed by atoms with van der Waals surface area (Å²) in [4.78, 5) is 52.4. The standard InChI is InChI=1S/C51H81NO8/c1-8-9-10-33-52(34-31-48(53)57-36-38-59-50(55)46-27-23-44(24-28-46)21-13-19-42(6)17-11-15-40(2)3)35-32-49(54)58-37-39-60-51(56)47-29-25-45(26-30-47)22-14-20-43(7)18-12-16-41(4)5/h15-16,19-20,23,25,46-47H,8-14,17-18,21-22,24,26-39H2,1-7H3/b42-19+,43-20+. The van der Waals surface area contributed by atoms with Crippen molar-refractivity contribution in [2.45, 2.75) is 170 Å². The van der Waals surface area contributed by atoms with Crippen LogP contribution in [-0.2, 0) is 38.1 Å². The molecule has 60 heavy (non-hydrogen) atoms. The Bertz CT molecular complexity index is 1380. The van der Waals surface area contributed by atoms with Gasteiger partial charge in [0.15, 0.2) is 0 Å². The molecule has 0 saturated heterocycles. The number of nitrogens with zero attached hydrogens (tertiary/aromatic N) is 1. The van der Waals surface area contributed by atoms with Gasteiger partial charge in [0.1, 0.15) is 26.4 Å². The first-order valence-electron chi connectivity index (χ1n) is 23.2. The van der Waals surface area contributed by atoms with E-state index in [0.717, 1.165) is 103 Å². The first-order valence-corrected chi connectivity index (χ1v) is 23.2. The molecule has 9 nitrogen and oxygen atoms in total. The van der Waals surface area contributed by atoms with E-state index in [0.29, 0.717) is 25.9 Å². The van der Waals surface area contributed by atoms with Gasteiger partial charge in [-0.25, -0.2) is 0 Å². The highest BCUT2D eigenvalue weighted by atomic mass is 16.6. The smallest absolute Gasteiger partial charge is 0.309 e. The third kappa shape index (κ3) is 25.8. The van der Waals surface area contributed by atoms with Crippen molar-refractivity contribution in [3.8, 4) is 0 Å². The van der Waals surface area contributed by atoms with Crippen molar-refractivity contribution in [3.63, 3.8) is 0 Å². The highest BCUT2D eigenvalue weighted by Crippen LogP contribution is 2.29. The van der Waals surface area contributed by atoms with Crippen LogP contribution in [0.1, 0.15) is 170 Å². The zero-order chi connectivity index (χ0) is 44.0. The summed E-state index contributed by atoms with van der Waals surface area (Å²) in [7, 11) is 0. The maximum atomic E-state index is 12.7. The van der Waals surface area contributed by atoms with Gasteiger partial charge in [-0.05, 0) is 144 Å². The molecule has 2 atom stereocenters. The zero-order valence-electron chi connectivity index (χ0n) is 38.7. The van der Waals surface area contributed by atoms with E-state index in [1.54, 1.807) is 0 Å². The SMILES string of the molecule is CCCCCN(CCC(=O)OCCOC(=O)C1CC=C(CC/C=C(\C)CCC=C(C)C)CC1)CCC(=O)OCCOC(=O)C1CC=C(CC/C=C(\C)CCC=C(C)C)CC1. The number of hydrogen-bond acceptors (Lipinski definition) is 9. The molecule has 2 unspecified atom stereocenters. The number of hydrogen-bond donors (Lipinski definition) is 0. The lowest BCUT2D eigenvalue weighted by molar-refractivity contribution is -0.155. The van der Waals surface area contributed by atoms with Crippen molar-refractivity contribution < 1.29 is 38.1 Å².